The lowest BCUT2D eigenvalue weighted by molar-refractivity contribution is 0.103. The second-order valence-corrected chi connectivity index (χ2v) is 6.19. The standard InChI is InChI=1S/C20H19N7O3/c1-21-18-16-13(9-23-19(16)25-10-24-18)17(28)12-5-6-14(27-20(12)30-3)26-11-4-7-15(29-2)22-8-11/h4-10H,1-3H3,(H,26,27)(H2,21,23,24,25). The fraction of sp³-hybridized carbons (Fsp3) is 0.150. The van der Waals surface area contributed by atoms with Gasteiger partial charge >= 0.3 is 0 Å². The van der Waals surface area contributed by atoms with E-state index in [2.05, 4.69) is 35.6 Å². The second-order valence-electron chi connectivity index (χ2n) is 6.19. The summed E-state index contributed by atoms with van der Waals surface area (Å²) >= 11 is 0. The molecule has 4 heterocycles. The molecule has 4 aromatic heterocycles. The summed E-state index contributed by atoms with van der Waals surface area (Å²) in [5.74, 6) is 1.52. The number of hydrogen-bond acceptors (Lipinski definition) is 9. The van der Waals surface area contributed by atoms with Crippen molar-refractivity contribution in [3.05, 3.63) is 54.1 Å². The van der Waals surface area contributed by atoms with E-state index in [1.165, 1.54) is 13.4 Å². The van der Waals surface area contributed by atoms with Crippen molar-refractivity contribution in [3.8, 4) is 11.8 Å². The van der Waals surface area contributed by atoms with E-state index in [1.54, 1.807) is 44.8 Å². The molecule has 4 aromatic rings. The van der Waals surface area contributed by atoms with Gasteiger partial charge in [0.15, 0.2) is 0 Å². The van der Waals surface area contributed by atoms with Crippen molar-refractivity contribution in [1.29, 1.82) is 0 Å². The number of methoxy groups -OCH3 is 2. The molecule has 0 unspecified atom stereocenters. The summed E-state index contributed by atoms with van der Waals surface area (Å²) in [6.45, 7) is 0. The highest BCUT2D eigenvalue weighted by Crippen LogP contribution is 2.29. The van der Waals surface area contributed by atoms with Crippen molar-refractivity contribution in [2.24, 2.45) is 0 Å². The zero-order valence-electron chi connectivity index (χ0n) is 16.6. The lowest BCUT2D eigenvalue weighted by Gasteiger charge is -2.11. The number of pyridine rings is 2. The highest BCUT2D eigenvalue weighted by molar-refractivity contribution is 6.18. The quantitative estimate of drug-likeness (QED) is 0.398. The van der Waals surface area contributed by atoms with Gasteiger partial charge in [-0.3, -0.25) is 4.79 Å². The Morgan fingerprint density at radius 1 is 1.03 bits per heavy atom. The van der Waals surface area contributed by atoms with Crippen LogP contribution >= 0.6 is 0 Å². The molecule has 10 heteroatoms. The summed E-state index contributed by atoms with van der Waals surface area (Å²) in [5.41, 5.74) is 2.03. The number of H-pyrrole nitrogens is 1. The third kappa shape index (κ3) is 3.46. The zero-order valence-corrected chi connectivity index (χ0v) is 16.6. The normalized spacial score (nSPS) is 10.6. The predicted octanol–water partition coefficient (Wildman–Crippen LogP) is 2.78. The Bertz CT molecular complexity index is 1200. The molecule has 0 saturated carbocycles. The van der Waals surface area contributed by atoms with Crippen molar-refractivity contribution < 1.29 is 14.3 Å². The Hall–Kier alpha value is -4.21. The highest BCUT2D eigenvalue weighted by atomic mass is 16.5. The smallest absolute Gasteiger partial charge is 0.226 e. The number of hydrogen-bond donors (Lipinski definition) is 3. The minimum atomic E-state index is -0.255. The fourth-order valence-corrected chi connectivity index (χ4v) is 3.04. The zero-order chi connectivity index (χ0) is 21.1. The first-order valence-electron chi connectivity index (χ1n) is 9.01. The van der Waals surface area contributed by atoms with Crippen molar-refractivity contribution in [3.63, 3.8) is 0 Å². The third-order valence-corrected chi connectivity index (χ3v) is 4.47. The molecule has 0 spiro atoms. The number of rotatable bonds is 7. The first-order chi connectivity index (χ1) is 14.6. The van der Waals surface area contributed by atoms with Gasteiger partial charge in [-0.25, -0.2) is 15.0 Å². The summed E-state index contributed by atoms with van der Waals surface area (Å²) in [4.78, 5) is 33.2. The van der Waals surface area contributed by atoms with Crippen LogP contribution in [0.2, 0.25) is 0 Å². The van der Waals surface area contributed by atoms with Crippen LogP contribution in [0.4, 0.5) is 17.3 Å². The third-order valence-electron chi connectivity index (χ3n) is 4.47. The van der Waals surface area contributed by atoms with Gasteiger partial charge in [0.25, 0.3) is 0 Å². The predicted molar refractivity (Wildman–Crippen MR) is 112 cm³/mol. The number of carbonyl (C=O) groups excluding carboxylic acids is 1. The summed E-state index contributed by atoms with van der Waals surface area (Å²) in [5, 5.41) is 6.71. The number of fused-ring (bicyclic) bond motifs is 1. The molecule has 152 valence electrons. The molecule has 0 bridgehead atoms. The minimum absolute atomic E-state index is 0.198. The second kappa shape index (κ2) is 8.03. The number of ketones is 1. The molecule has 0 atom stereocenters. The van der Waals surface area contributed by atoms with Gasteiger partial charge < -0.3 is 25.1 Å². The van der Waals surface area contributed by atoms with Crippen LogP contribution in [-0.2, 0) is 0 Å². The van der Waals surface area contributed by atoms with Gasteiger partial charge in [0.05, 0.1) is 42.6 Å². The van der Waals surface area contributed by atoms with E-state index < -0.39 is 0 Å². The van der Waals surface area contributed by atoms with Crippen LogP contribution in [-0.4, -0.2) is 52.0 Å². The molecule has 0 amide bonds. The van der Waals surface area contributed by atoms with E-state index >= 15 is 0 Å². The molecule has 0 radical (unpaired) electrons. The number of anilines is 3. The highest BCUT2D eigenvalue weighted by Gasteiger charge is 2.22. The van der Waals surface area contributed by atoms with E-state index in [9.17, 15) is 4.79 Å². The Kier molecular flexibility index (Phi) is 5.12. The molecule has 0 aliphatic heterocycles. The van der Waals surface area contributed by atoms with Gasteiger partial charge in [-0.2, -0.15) is 4.98 Å². The van der Waals surface area contributed by atoms with Gasteiger partial charge in [0.1, 0.15) is 23.6 Å². The lowest BCUT2D eigenvalue weighted by atomic mass is 10.0. The summed E-state index contributed by atoms with van der Waals surface area (Å²) < 4.78 is 10.4. The lowest BCUT2D eigenvalue weighted by Crippen LogP contribution is -2.07. The van der Waals surface area contributed by atoms with Crippen LogP contribution in [0.25, 0.3) is 11.0 Å². The number of nitrogens with zero attached hydrogens (tertiary/aromatic N) is 4. The van der Waals surface area contributed by atoms with Gasteiger partial charge in [0.2, 0.25) is 17.5 Å². The van der Waals surface area contributed by atoms with Crippen molar-refractivity contribution in [2.45, 2.75) is 0 Å². The van der Waals surface area contributed by atoms with Crippen LogP contribution in [0.15, 0.2) is 43.0 Å². The van der Waals surface area contributed by atoms with Crippen LogP contribution in [0.1, 0.15) is 15.9 Å². The summed E-state index contributed by atoms with van der Waals surface area (Å²) in [6, 6.07) is 6.90. The van der Waals surface area contributed by atoms with Gasteiger partial charge in [-0.1, -0.05) is 0 Å². The van der Waals surface area contributed by atoms with Gasteiger partial charge in [-0.15, -0.1) is 0 Å². The average molecular weight is 405 g/mol. The molecule has 0 fully saturated rings. The molecule has 0 aliphatic carbocycles. The monoisotopic (exact) mass is 405 g/mol. The average Bonchev–Trinajstić information content (AvgIpc) is 3.23. The Labute approximate surface area is 171 Å². The Morgan fingerprint density at radius 2 is 1.90 bits per heavy atom. The SMILES string of the molecule is CNc1ncnc2[nH]cc(C(=O)c3ccc(Nc4ccc(OC)nc4)nc3OC)c12. The van der Waals surface area contributed by atoms with Crippen LogP contribution < -0.4 is 20.1 Å². The van der Waals surface area contributed by atoms with Crippen molar-refractivity contribution in [2.75, 3.05) is 31.9 Å². The number of aromatic nitrogens is 5. The maximum atomic E-state index is 13.2. The summed E-state index contributed by atoms with van der Waals surface area (Å²) in [6.07, 6.45) is 4.66. The number of carbonyl (C=O) groups is 1. The largest absolute Gasteiger partial charge is 0.481 e. The number of ether oxygens (including phenoxy) is 2. The van der Waals surface area contributed by atoms with Crippen LogP contribution in [0.3, 0.4) is 0 Å². The molecule has 0 aromatic carbocycles. The molecule has 30 heavy (non-hydrogen) atoms. The molecule has 0 saturated heterocycles. The minimum Gasteiger partial charge on any atom is -0.481 e. The van der Waals surface area contributed by atoms with Gasteiger partial charge in [0, 0.05) is 19.3 Å². The van der Waals surface area contributed by atoms with Crippen molar-refractivity contribution in [1.82, 2.24) is 24.9 Å². The van der Waals surface area contributed by atoms with E-state index in [4.69, 9.17) is 9.47 Å². The maximum absolute atomic E-state index is 13.2. The molecule has 0 aliphatic rings. The van der Waals surface area contributed by atoms with E-state index in [1.807, 2.05) is 6.07 Å². The fourth-order valence-electron chi connectivity index (χ4n) is 3.04. The topological polar surface area (TPSA) is 127 Å². The molecular formula is C20H19N7O3. The number of aromatic amines is 1. The van der Waals surface area contributed by atoms with Crippen LogP contribution in [0.5, 0.6) is 11.8 Å². The molecule has 4 rings (SSSR count). The van der Waals surface area contributed by atoms with Crippen LogP contribution in [0, 0.1) is 0 Å². The molecule has 10 nitrogen and oxygen atoms in total. The van der Waals surface area contributed by atoms with Gasteiger partial charge in [-0.05, 0) is 18.2 Å². The van der Waals surface area contributed by atoms with Crippen molar-refractivity contribution >= 4 is 34.1 Å². The Balaban J connectivity index is 1.67. The number of nitrogens with one attached hydrogen (secondary N) is 3. The Morgan fingerprint density at radius 3 is 2.60 bits per heavy atom. The maximum Gasteiger partial charge on any atom is 0.226 e. The van der Waals surface area contributed by atoms with E-state index in [-0.39, 0.29) is 11.7 Å². The molecule has 3 N–H and O–H groups in total. The molecular weight excluding hydrogens is 386 g/mol. The first-order valence-corrected chi connectivity index (χ1v) is 9.01. The van der Waals surface area contributed by atoms with E-state index in [0.29, 0.717) is 39.7 Å². The first kappa shape index (κ1) is 19.1. The van der Waals surface area contributed by atoms with E-state index in [0.717, 1.165) is 5.69 Å². The summed E-state index contributed by atoms with van der Waals surface area (Å²) in [7, 11) is 4.76.